The maximum atomic E-state index is 4.51. The van der Waals surface area contributed by atoms with Crippen LogP contribution in [0, 0.1) is 6.92 Å². The van der Waals surface area contributed by atoms with Crippen molar-refractivity contribution in [1.29, 1.82) is 0 Å². The van der Waals surface area contributed by atoms with Crippen LogP contribution in [0.15, 0.2) is 41.9 Å². The van der Waals surface area contributed by atoms with Crippen LogP contribution in [-0.2, 0) is 11.8 Å². The molecular weight excluding hydrogens is 354 g/mol. The molecule has 3 aromatic rings. The van der Waals surface area contributed by atoms with Gasteiger partial charge >= 0.3 is 0 Å². The van der Waals surface area contributed by atoms with Gasteiger partial charge in [-0.3, -0.25) is 4.98 Å². The molecule has 3 rings (SSSR count). The van der Waals surface area contributed by atoms with E-state index in [2.05, 4.69) is 76.2 Å². The van der Waals surface area contributed by atoms with Gasteiger partial charge in [0.15, 0.2) is 0 Å². The van der Waals surface area contributed by atoms with Gasteiger partial charge in [-0.1, -0.05) is 40.7 Å². The second-order valence-corrected chi connectivity index (χ2v) is 10.2. The lowest BCUT2D eigenvalue weighted by molar-refractivity contribution is 0.656. The lowest BCUT2D eigenvalue weighted by Gasteiger charge is -2.22. The van der Waals surface area contributed by atoms with E-state index in [0.29, 0.717) is 11.8 Å². The van der Waals surface area contributed by atoms with Crippen molar-refractivity contribution in [3.05, 3.63) is 73.4 Å². The van der Waals surface area contributed by atoms with E-state index in [1.54, 1.807) is 0 Å². The van der Waals surface area contributed by atoms with Crippen LogP contribution >= 0.6 is 22.7 Å². The second-order valence-electron chi connectivity index (χ2n) is 8.10. The van der Waals surface area contributed by atoms with E-state index in [1.807, 2.05) is 34.9 Å². The fraction of sp³-hybridized carbons (Fsp3) is 0.435. The minimum absolute atomic E-state index is 0.0611. The average molecular weight is 384 g/mol. The molecule has 0 N–H and O–H groups in total. The van der Waals surface area contributed by atoms with Gasteiger partial charge in [0.25, 0.3) is 0 Å². The van der Waals surface area contributed by atoms with Crippen molar-refractivity contribution in [2.75, 3.05) is 0 Å². The van der Waals surface area contributed by atoms with Gasteiger partial charge in [0.1, 0.15) is 0 Å². The molecule has 0 aromatic carbocycles. The molecule has 0 aliphatic heterocycles. The monoisotopic (exact) mass is 383 g/mol. The quantitative estimate of drug-likeness (QED) is 0.435. The molecule has 1 nitrogen and oxygen atoms in total. The summed E-state index contributed by atoms with van der Waals surface area (Å²) in [5, 5.41) is 2.35. The van der Waals surface area contributed by atoms with Gasteiger partial charge in [-0.2, -0.15) is 0 Å². The third-order valence-corrected chi connectivity index (χ3v) is 7.99. The summed E-state index contributed by atoms with van der Waals surface area (Å²) in [6.45, 7) is 13.8. The summed E-state index contributed by atoms with van der Waals surface area (Å²) >= 11 is 3.87. The zero-order valence-electron chi connectivity index (χ0n) is 16.7. The third-order valence-electron chi connectivity index (χ3n) is 5.17. The smallest absolute Gasteiger partial charge is 0.0435 e. The first-order chi connectivity index (χ1) is 12.3. The third kappa shape index (κ3) is 3.94. The summed E-state index contributed by atoms with van der Waals surface area (Å²) in [6, 6.07) is 11.0. The molecule has 1 unspecified atom stereocenters. The molecule has 0 spiro atoms. The SMILES string of the molecule is Cc1cc(C(C)(C)c2csc(CC(C)c3ccccn3)c2)sc1C(C)C. The van der Waals surface area contributed by atoms with E-state index in [-0.39, 0.29) is 5.41 Å². The maximum Gasteiger partial charge on any atom is 0.0435 e. The molecule has 0 bridgehead atoms. The number of hydrogen-bond acceptors (Lipinski definition) is 3. The molecule has 0 saturated heterocycles. The molecule has 0 saturated carbocycles. The number of aromatic nitrogens is 1. The molecule has 138 valence electrons. The summed E-state index contributed by atoms with van der Waals surface area (Å²) in [6.07, 6.45) is 2.94. The van der Waals surface area contributed by atoms with Gasteiger partial charge in [0, 0.05) is 37.9 Å². The van der Waals surface area contributed by atoms with Crippen molar-refractivity contribution < 1.29 is 0 Å². The summed E-state index contributed by atoms with van der Waals surface area (Å²) < 4.78 is 0. The lowest BCUT2D eigenvalue weighted by atomic mass is 9.84. The first kappa shape index (κ1) is 19.3. The number of nitrogens with zero attached hydrogens (tertiary/aromatic N) is 1. The summed E-state index contributed by atoms with van der Waals surface area (Å²) in [5.74, 6) is 1.05. The normalized spacial score (nSPS) is 13.3. The van der Waals surface area contributed by atoms with Crippen LogP contribution in [0.1, 0.15) is 77.9 Å². The van der Waals surface area contributed by atoms with Crippen molar-refractivity contribution in [2.24, 2.45) is 0 Å². The van der Waals surface area contributed by atoms with Crippen LogP contribution in [0.25, 0.3) is 0 Å². The molecule has 26 heavy (non-hydrogen) atoms. The first-order valence-electron chi connectivity index (χ1n) is 9.38. The van der Waals surface area contributed by atoms with Crippen LogP contribution in [0.2, 0.25) is 0 Å². The van der Waals surface area contributed by atoms with Crippen molar-refractivity contribution in [2.45, 2.75) is 65.2 Å². The molecule has 0 radical (unpaired) electrons. The number of thiophene rings is 2. The molecule has 3 heterocycles. The fourth-order valence-corrected chi connectivity index (χ4v) is 5.89. The van der Waals surface area contributed by atoms with E-state index in [1.165, 1.54) is 31.5 Å². The van der Waals surface area contributed by atoms with Gasteiger partial charge in [-0.25, -0.2) is 0 Å². The summed E-state index contributed by atoms with van der Waals surface area (Å²) in [7, 11) is 0. The Morgan fingerprint density at radius 3 is 2.50 bits per heavy atom. The number of rotatable bonds is 6. The summed E-state index contributed by atoms with van der Waals surface area (Å²) in [4.78, 5) is 8.95. The number of aryl methyl sites for hydroxylation is 1. The Kier molecular flexibility index (Phi) is 5.69. The largest absolute Gasteiger partial charge is 0.261 e. The Balaban J connectivity index is 1.81. The maximum absolute atomic E-state index is 4.51. The minimum atomic E-state index is 0.0611. The highest BCUT2D eigenvalue weighted by molar-refractivity contribution is 7.12. The van der Waals surface area contributed by atoms with Crippen molar-refractivity contribution in [3.8, 4) is 0 Å². The number of pyridine rings is 1. The van der Waals surface area contributed by atoms with E-state index >= 15 is 0 Å². The molecular formula is C23H29NS2. The van der Waals surface area contributed by atoms with Gasteiger partial charge in [0.2, 0.25) is 0 Å². The molecule has 3 aromatic heterocycles. The summed E-state index contributed by atoms with van der Waals surface area (Å²) in [5.41, 5.74) is 4.11. The van der Waals surface area contributed by atoms with Crippen molar-refractivity contribution in [1.82, 2.24) is 4.98 Å². The molecule has 0 aliphatic carbocycles. The Morgan fingerprint density at radius 2 is 1.88 bits per heavy atom. The lowest BCUT2D eigenvalue weighted by Crippen LogP contribution is -2.16. The molecule has 0 aliphatic rings. The predicted octanol–water partition coefficient (Wildman–Crippen LogP) is 7.31. The zero-order valence-corrected chi connectivity index (χ0v) is 18.3. The van der Waals surface area contributed by atoms with Crippen LogP contribution in [-0.4, -0.2) is 4.98 Å². The van der Waals surface area contributed by atoms with Gasteiger partial charge in [-0.05, 0) is 60.0 Å². The van der Waals surface area contributed by atoms with Crippen LogP contribution < -0.4 is 0 Å². The van der Waals surface area contributed by atoms with Gasteiger partial charge in [0.05, 0.1) is 0 Å². The highest BCUT2D eigenvalue weighted by Gasteiger charge is 2.28. The molecule has 0 amide bonds. The van der Waals surface area contributed by atoms with Crippen molar-refractivity contribution >= 4 is 22.7 Å². The average Bonchev–Trinajstić information content (AvgIpc) is 3.23. The highest BCUT2D eigenvalue weighted by atomic mass is 32.1. The second kappa shape index (κ2) is 7.66. The van der Waals surface area contributed by atoms with E-state index in [9.17, 15) is 0 Å². The molecule has 1 atom stereocenters. The van der Waals surface area contributed by atoms with Crippen LogP contribution in [0.5, 0.6) is 0 Å². The highest BCUT2D eigenvalue weighted by Crippen LogP contribution is 2.41. The zero-order chi connectivity index (χ0) is 18.9. The molecule has 0 fully saturated rings. The van der Waals surface area contributed by atoms with Crippen LogP contribution in [0.3, 0.4) is 0 Å². The van der Waals surface area contributed by atoms with Crippen LogP contribution in [0.4, 0.5) is 0 Å². The Morgan fingerprint density at radius 1 is 1.12 bits per heavy atom. The predicted molar refractivity (Wildman–Crippen MR) is 116 cm³/mol. The topological polar surface area (TPSA) is 12.9 Å². The minimum Gasteiger partial charge on any atom is -0.261 e. The van der Waals surface area contributed by atoms with Gasteiger partial charge < -0.3 is 0 Å². The van der Waals surface area contributed by atoms with E-state index in [0.717, 1.165) is 6.42 Å². The number of hydrogen-bond donors (Lipinski definition) is 0. The first-order valence-corrected chi connectivity index (χ1v) is 11.1. The fourth-order valence-electron chi connectivity index (χ4n) is 3.41. The molecule has 3 heteroatoms. The van der Waals surface area contributed by atoms with Gasteiger partial charge in [-0.15, -0.1) is 22.7 Å². The standard InChI is InChI=1S/C23H29NS2/c1-15(2)22-17(4)12-21(26-22)23(5,6)18-13-19(25-14-18)11-16(3)20-9-7-8-10-24-20/h7-10,12-16H,11H2,1-6H3. The van der Waals surface area contributed by atoms with E-state index < -0.39 is 0 Å². The Bertz CT molecular complexity index is 855. The van der Waals surface area contributed by atoms with E-state index in [4.69, 9.17) is 0 Å². The van der Waals surface area contributed by atoms with Crippen molar-refractivity contribution in [3.63, 3.8) is 0 Å². The Labute approximate surface area is 166 Å². The Hall–Kier alpha value is -1.45.